The average molecular weight is 346 g/mol. The molecule has 0 aliphatic carbocycles. The molecule has 24 heavy (non-hydrogen) atoms. The Kier molecular flexibility index (Phi) is 4.39. The first-order valence-corrected chi connectivity index (χ1v) is 8.38. The highest BCUT2D eigenvalue weighted by atomic mass is 32.1. The van der Waals surface area contributed by atoms with Crippen molar-refractivity contribution in [2.45, 2.75) is 20.4 Å². The van der Waals surface area contributed by atoms with Crippen LogP contribution in [0.3, 0.4) is 0 Å². The Hall–Kier alpha value is -2.61. The van der Waals surface area contributed by atoms with E-state index in [0.717, 1.165) is 4.88 Å². The summed E-state index contributed by atoms with van der Waals surface area (Å²) in [5.74, 6) is 1.69. The maximum Gasteiger partial charge on any atom is 0.346 e. The molecule has 3 rings (SSSR count). The molecule has 3 aromatic rings. The fourth-order valence-corrected chi connectivity index (χ4v) is 3.22. The van der Waals surface area contributed by atoms with E-state index in [1.165, 1.54) is 20.6 Å². The van der Waals surface area contributed by atoms with Gasteiger partial charge in [-0.3, -0.25) is 9.36 Å². The molecule has 0 atom stereocenters. The van der Waals surface area contributed by atoms with E-state index in [-0.39, 0.29) is 11.6 Å². The van der Waals surface area contributed by atoms with E-state index in [0.29, 0.717) is 36.0 Å². The Bertz CT molecular complexity index is 918. The van der Waals surface area contributed by atoms with Gasteiger partial charge in [-0.25, -0.2) is 9.48 Å². The molecule has 0 saturated heterocycles. The topological polar surface area (TPSA) is 82.1 Å². The minimum absolute atomic E-state index is 0.206. The Balaban J connectivity index is 1.67. The quantitative estimate of drug-likeness (QED) is 0.765. The maximum atomic E-state index is 12.2. The first-order valence-electron chi connectivity index (χ1n) is 7.50. The van der Waals surface area contributed by atoms with Crippen LogP contribution in [-0.4, -0.2) is 26.8 Å². The molecule has 7 nitrogen and oxygen atoms in total. The molecule has 0 aliphatic rings. The molecule has 0 radical (unpaired) electrons. The molecule has 3 aromatic heterocycles. The maximum absolute atomic E-state index is 12.2. The summed E-state index contributed by atoms with van der Waals surface area (Å²) in [5, 5.41) is 9.08. The molecule has 0 aliphatic heterocycles. The first-order chi connectivity index (χ1) is 11.5. The van der Waals surface area contributed by atoms with Gasteiger partial charge in [0, 0.05) is 13.6 Å². The number of carbonyl (C=O) groups excluding carboxylic acids is 1. The van der Waals surface area contributed by atoms with E-state index in [9.17, 15) is 9.59 Å². The number of thiophene rings is 1. The second-order valence-electron chi connectivity index (χ2n) is 5.45. The molecule has 0 unspecified atom stereocenters. The largest absolute Gasteiger partial charge is 0.466 e. The van der Waals surface area contributed by atoms with Crippen LogP contribution in [0.25, 0.3) is 10.7 Å². The Labute approximate surface area is 142 Å². The van der Waals surface area contributed by atoms with E-state index in [2.05, 4.69) is 10.4 Å². The molecule has 0 aromatic carbocycles. The van der Waals surface area contributed by atoms with Gasteiger partial charge in [0.05, 0.1) is 17.0 Å². The van der Waals surface area contributed by atoms with Gasteiger partial charge in [-0.1, -0.05) is 6.07 Å². The lowest BCUT2D eigenvalue weighted by molar-refractivity contribution is 0.0950. The summed E-state index contributed by atoms with van der Waals surface area (Å²) in [6.45, 7) is 4.16. The molecule has 126 valence electrons. The second kappa shape index (κ2) is 6.48. The normalized spacial score (nSPS) is 11.0. The number of furan rings is 1. The number of carbonyl (C=O) groups is 1. The number of hydrogen-bond donors (Lipinski definition) is 1. The summed E-state index contributed by atoms with van der Waals surface area (Å²) >= 11 is 1.53. The second-order valence-corrected chi connectivity index (χ2v) is 6.40. The number of aromatic nitrogens is 3. The van der Waals surface area contributed by atoms with Crippen LogP contribution in [-0.2, 0) is 13.6 Å². The van der Waals surface area contributed by atoms with Crippen LogP contribution in [0.15, 0.2) is 32.8 Å². The van der Waals surface area contributed by atoms with Gasteiger partial charge >= 0.3 is 5.69 Å². The molecular weight excluding hydrogens is 328 g/mol. The molecule has 8 heteroatoms. The summed E-state index contributed by atoms with van der Waals surface area (Å²) in [7, 11) is 1.69. The monoisotopic (exact) mass is 346 g/mol. The number of nitrogens with zero attached hydrogens (tertiary/aromatic N) is 3. The van der Waals surface area contributed by atoms with Crippen LogP contribution in [0.4, 0.5) is 0 Å². The highest BCUT2D eigenvalue weighted by Gasteiger charge is 2.15. The molecule has 3 heterocycles. The van der Waals surface area contributed by atoms with Crippen LogP contribution in [0.2, 0.25) is 0 Å². The lowest BCUT2D eigenvalue weighted by Crippen LogP contribution is -2.31. The summed E-state index contributed by atoms with van der Waals surface area (Å²) in [6.07, 6.45) is 0. The predicted molar refractivity (Wildman–Crippen MR) is 91.3 cm³/mol. The number of nitrogens with one attached hydrogen (secondary N) is 1. The van der Waals surface area contributed by atoms with Crippen molar-refractivity contribution in [1.82, 2.24) is 19.7 Å². The molecule has 0 fully saturated rings. The van der Waals surface area contributed by atoms with Gasteiger partial charge < -0.3 is 9.73 Å². The van der Waals surface area contributed by atoms with E-state index in [4.69, 9.17) is 4.42 Å². The molecule has 0 bridgehead atoms. The van der Waals surface area contributed by atoms with Gasteiger partial charge in [0.25, 0.3) is 5.91 Å². The van der Waals surface area contributed by atoms with Crippen LogP contribution >= 0.6 is 11.3 Å². The van der Waals surface area contributed by atoms with E-state index in [1.54, 1.807) is 27.0 Å². The summed E-state index contributed by atoms with van der Waals surface area (Å²) in [4.78, 5) is 25.3. The van der Waals surface area contributed by atoms with Gasteiger partial charge in [0.2, 0.25) is 0 Å². The van der Waals surface area contributed by atoms with Gasteiger partial charge in [0.1, 0.15) is 11.5 Å². The van der Waals surface area contributed by atoms with Crippen molar-refractivity contribution in [2.24, 2.45) is 7.05 Å². The van der Waals surface area contributed by atoms with Crippen molar-refractivity contribution in [2.75, 3.05) is 6.54 Å². The molecule has 1 amide bonds. The Morgan fingerprint density at radius 3 is 2.83 bits per heavy atom. The van der Waals surface area contributed by atoms with Crippen LogP contribution in [0.5, 0.6) is 0 Å². The van der Waals surface area contributed by atoms with Crippen LogP contribution in [0, 0.1) is 13.8 Å². The summed E-state index contributed by atoms with van der Waals surface area (Å²) in [5.41, 5.74) is 0.308. The third-order valence-electron chi connectivity index (χ3n) is 3.68. The number of rotatable bonds is 5. The lowest BCUT2D eigenvalue weighted by atomic mass is 10.2. The number of amides is 1. The van der Waals surface area contributed by atoms with Gasteiger partial charge in [-0.05, 0) is 31.4 Å². The zero-order valence-electron chi connectivity index (χ0n) is 13.7. The minimum atomic E-state index is -0.216. The molecule has 0 saturated carbocycles. The van der Waals surface area contributed by atoms with E-state index in [1.807, 2.05) is 17.5 Å². The standard InChI is InChI=1S/C16H18N4O3S/c1-10-9-12(11(2)23-10)15(21)17-6-7-20-16(22)19(3)14(18-20)13-5-4-8-24-13/h4-5,8-9H,6-7H2,1-3H3,(H,17,21). The van der Waals surface area contributed by atoms with Crippen molar-refractivity contribution in [3.8, 4) is 10.7 Å². The first kappa shape index (κ1) is 16.3. The minimum Gasteiger partial charge on any atom is -0.466 e. The number of aryl methyl sites for hydroxylation is 2. The molecule has 1 N–H and O–H groups in total. The van der Waals surface area contributed by atoms with Crippen molar-refractivity contribution in [3.63, 3.8) is 0 Å². The molecule has 0 spiro atoms. The van der Waals surface area contributed by atoms with E-state index < -0.39 is 0 Å². The smallest absolute Gasteiger partial charge is 0.346 e. The van der Waals surface area contributed by atoms with Gasteiger partial charge in [-0.2, -0.15) is 0 Å². The van der Waals surface area contributed by atoms with Gasteiger partial charge in [-0.15, -0.1) is 16.4 Å². The number of hydrogen-bond acceptors (Lipinski definition) is 5. The molecular formula is C16H18N4O3S. The summed E-state index contributed by atoms with van der Waals surface area (Å²) < 4.78 is 8.22. The Morgan fingerprint density at radius 1 is 1.42 bits per heavy atom. The van der Waals surface area contributed by atoms with Crippen molar-refractivity contribution < 1.29 is 9.21 Å². The van der Waals surface area contributed by atoms with Crippen LogP contribution in [0.1, 0.15) is 21.9 Å². The van der Waals surface area contributed by atoms with Crippen molar-refractivity contribution in [1.29, 1.82) is 0 Å². The highest BCUT2D eigenvalue weighted by Crippen LogP contribution is 2.20. The third kappa shape index (κ3) is 3.05. The SMILES string of the molecule is Cc1cc(C(=O)NCCn2nc(-c3cccs3)n(C)c2=O)c(C)o1. The van der Waals surface area contributed by atoms with E-state index >= 15 is 0 Å². The lowest BCUT2D eigenvalue weighted by Gasteiger charge is -2.03. The van der Waals surface area contributed by atoms with Crippen molar-refractivity contribution >= 4 is 17.2 Å². The fraction of sp³-hybridized carbons (Fsp3) is 0.312. The predicted octanol–water partition coefficient (Wildman–Crippen LogP) is 1.95. The van der Waals surface area contributed by atoms with Gasteiger partial charge in [0.15, 0.2) is 5.82 Å². The zero-order valence-corrected chi connectivity index (χ0v) is 14.5. The average Bonchev–Trinajstić information content (AvgIpc) is 3.23. The highest BCUT2D eigenvalue weighted by molar-refractivity contribution is 7.13. The van der Waals surface area contributed by atoms with Crippen molar-refractivity contribution in [3.05, 3.63) is 51.1 Å². The summed E-state index contributed by atoms with van der Waals surface area (Å²) in [6, 6.07) is 5.54. The fourth-order valence-electron chi connectivity index (χ4n) is 2.48. The third-order valence-corrected chi connectivity index (χ3v) is 4.54. The van der Waals surface area contributed by atoms with Crippen LogP contribution < -0.4 is 11.0 Å². The Morgan fingerprint density at radius 2 is 2.21 bits per heavy atom. The zero-order chi connectivity index (χ0) is 17.3.